The van der Waals surface area contributed by atoms with Gasteiger partial charge in [0.1, 0.15) is 0 Å². The third-order valence-electron chi connectivity index (χ3n) is 1.10. The molecule has 0 saturated carbocycles. The van der Waals surface area contributed by atoms with Gasteiger partial charge in [-0.15, -0.1) is 0 Å². The van der Waals surface area contributed by atoms with Gasteiger partial charge in [-0.05, 0) is 13.3 Å². The van der Waals surface area contributed by atoms with E-state index in [0.29, 0.717) is 12.1 Å². The summed E-state index contributed by atoms with van der Waals surface area (Å²) in [6, 6.07) is 0. The highest BCUT2D eigenvalue weighted by Crippen LogP contribution is 1.96. The van der Waals surface area contributed by atoms with Crippen molar-refractivity contribution in [3.8, 4) is 0 Å². The van der Waals surface area contributed by atoms with Gasteiger partial charge in [0.2, 0.25) is 0 Å². The molecule has 0 aliphatic carbocycles. The number of rotatable bonds is 4. The second-order valence-corrected chi connectivity index (χ2v) is 2.22. The highest BCUT2D eigenvalue weighted by atomic mass is 14.6. The van der Waals surface area contributed by atoms with Crippen LogP contribution in [0.15, 0.2) is 4.99 Å². The Hall–Kier alpha value is -0.990. The maximum atomic E-state index is 7.14. The SMILES string of the molecule is CN=CC(C=N)CC(C)=N. The number of hydrogen-bond donors (Lipinski definition) is 2. The smallest absolute Gasteiger partial charge is 0.0337 e. The first-order valence-electron chi connectivity index (χ1n) is 3.17. The zero-order valence-electron chi connectivity index (χ0n) is 6.39. The van der Waals surface area contributed by atoms with E-state index in [1.165, 1.54) is 6.21 Å². The third-order valence-corrected chi connectivity index (χ3v) is 1.10. The van der Waals surface area contributed by atoms with Crippen LogP contribution >= 0.6 is 0 Å². The first-order valence-corrected chi connectivity index (χ1v) is 3.17. The molecule has 0 bridgehead atoms. The van der Waals surface area contributed by atoms with Crippen LogP contribution in [0.3, 0.4) is 0 Å². The molecule has 0 saturated heterocycles. The van der Waals surface area contributed by atoms with E-state index < -0.39 is 0 Å². The zero-order valence-corrected chi connectivity index (χ0v) is 6.39. The highest BCUT2D eigenvalue weighted by molar-refractivity contribution is 5.90. The standard InChI is InChI=1S/C7H13N3/c1-6(9)3-7(4-8)5-10-2/h4-5,7-9H,3H2,1-2H3. The van der Waals surface area contributed by atoms with Crippen molar-refractivity contribution in [2.24, 2.45) is 10.9 Å². The largest absolute Gasteiger partial charge is 0.312 e. The lowest BCUT2D eigenvalue weighted by molar-refractivity contribution is 0.982. The maximum Gasteiger partial charge on any atom is 0.0337 e. The molecule has 0 aromatic carbocycles. The monoisotopic (exact) mass is 139 g/mol. The van der Waals surface area contributed by atoms with Crippen LogP contribution in [0, 0.1) is 16.7 Å². The summed E-state index contributed by atoms with van der Waals surface area (Å²) in [5.74, 6) is 0.0162. The molecule has 10 heavy (non-hydrogen) atoms. The lowest BCUT2D eigenvalue weighted by Gasteiger charge is -2.01. The van der Waals surface area contributed by atoms with Crippen LogP contribution in [0.25, 0.3) is 0 Å². The van der Waals surface area contributed by atoms with Crippen molar-refractivity contribution in [1.82, 2.24) is 0 Å². The molecule has 0 aliphatic rings. The van der Waals surface area contributed by atoms with Crippen molar-refractivity contribution in [1.29, 1.82) is 10.8 Å². The van der Waals surface area contributed by atoms with Crippen LogP contribution in [-0.4, -0.2) is 25.2 Å². The molecule has 1 atom stereocenters. The summed E-state index contributed by atoms with van der Waals surface area (Å²) in [5.41, 5.74) is 0.591. The predicted molar refractivity (Wildman–Crippen MR) is 44.7 cm³/mol. The zero-order chi connectivity index (χ0) is 7.98. The second-order valence-electron chi connectivity index (χ2n) is 2.22. The van der Waals surface area contributed by atoms with Gasteiger partial charge in [-0.3, -0.25) is 0 Å². The van der Waals surface area contributed by atoms with E-state index in [-0.39, 0.29) is 5.92 Å². The Morgan fingerprint density at radius 2 is 2.30 bits per heavy atom. The molecule has 0 heterocycles. The van der Waals surface area contributed by atoms with Gasteiger partial charge in [0, 0.05) is 31.1 Å². The van der Waals surface area contributed by atoms with Crippen LogP contribution < -0.4 is 0 Å². The van der Waals surface area contributed by atoms with Crippen molar-refractivity contribution >= 4 is 18.1 Å². The van der Waals surface area contributed by atoms with E-state index in [9.17, 15) is 0 Å². The molecule has 0 amide bonds. The van der Waals surface area contributed by atoms with Gasteiger partial charge >= 0.3 is 0 Å². The Morgan fingerprint density at radius 1 is 1.70 bits per heavy atom. The summed E-state index contributed by atoms with van der Waals surface area (Å²) in [4.78, 5) is 3.79. The molecular weight excluding hydrogens is 126 g/mol. The first-order chi connectivity index (χ1) is 4.70. The van der Waals surface area contributed by atoms with Crippen molar-refractivity contribution in [2.45, 2.75) is 13.3 Å². The minimum Gasteiger partial charge on any atom is -0.312 e. The van der Waals surface area contributed by atoms with Crippen molar-refractivity contribution in [3.63, 3.8) is 0 Å². The first kappa shape index (κ1) is 9.01. The Balaban J connectivity index is 3.83. The summed E-state index contributed by atoms with van der Waals surface area (Å²) in [6.07, 6.45) is 3.61. The Morgan fingerprint density at radius 3 is 2.60 bits per heavy atom. The van der Waals surface area contributed by atoms with Crippen molar-refractivity contribution < 1.29 is 0 Å². The normalized spacial score (nSPS) is 13.4. The molecule has 3 heteroatoms. The summed E-state index contributed by atoms with van der Waals surface area (Å²) < 4.78 is 0. The maximum absolute atomic E-state index is 7.14. The molecule has 0 spiro atoms. The van der Waals surface area contributed by atoms with Gasteiger partial charge < -0.3 is 15.8 Å². The fourth-order valence-electron chi connectivity index (χ4n) is 0.700. The van der Waals surface area contributed by atoms with Gasteiger partial charge in [0.15, 0.2) is 0 Å². The summed E-state index contributed by atoms with van der Waals surface area (Å²) >= 11 is 0. The third kappa shape index (κ3) is 3.95. The molecule has 56 valence electrons. The Labute approximate surface area is 61.2 Å². The van der Waals surface area contributed by atoms with E-state index in [0.717, 1.165) is 0 Å². The minimum absolute atomic E-state index is 0.0162. The summed E-state index contributed by atoms with van der Waals surface area (Å²) in [6.45, 7) is 1.74. The summed E-state index contributed by atoms with van der Waals surface area (Å²) in [7, 11) is 1.68. The highest BCUT2D eigenvalue weighted by Gasteiger charge is 2.00. The van der Waals surface area contributed by atoms with Crippen LogP contribution in [0.4, 0.5) is 0 Å². The molecule has 0 fully saturated rings. The van der Waals surface area contributed by atoms with Gasteiger partial charge in [0.25, 0.3) is 0 Å². The van der Waals surface area contributed by atoms with Crippen molar-refractivity contribution in [3.05, 3.63) is 0 Å². The molecule has 0 aliphatic heterocycles. The molecular formula is C7H13N3. The number of nitrogens with one attached hydrogen (secondary N) is 2. The van der Waals surface area contributed by atoms with Gasteiger partial charge in [0.05, 0.1) is 0 Å². The molecule has 3 nitrogen and oxygen atoms in total. The number of nitrogens with zero attached hydrogens (tertiary/aromatic N) is 1. The van der Waals surface area contributed by atoms with E-state index in [4.69, 9.17) is 10.8 Å². The lowest BCUT2D eigenvalue weighted by atomic mass is 10.1. The van der Waals surface area contributed by atoms with Gasteiger partial charge in [-0.25, -0.2) is 0 Å². The molecule has 0 rings (SSSR count). The van der Waals surface area contributed by atoms with E-state index in [1.807, 2.05) is 0 Å². The molecule has 0 aromatic rings. The minimum atomic E-state index is 0.0162. The fourth-order valence-corrected chi connectivity index (χ4v) is 0.700. The Kier molecular flexibility index (Phi) is 4.37. The summed E-state index contributed by atoms with van der Waals surface area (Å²) in [5, 5.41) is 14.1. The molecule has 0 aromatic heterocycles. The van der Waals surface area contributed by atoms with Crippen LogP contribution in [0.1, 0.15) is 13.3 Å². The Bertz CT molecular complexity index is 149. The van der Waals surface area contributed by atoms with Crippen LogP contribution in [0.2, 0.25) is 0 Å². The second kappa shape index (κ2) is 4.85. The van der Waals surface area contributed by atoms with Crippen molar-refractivity contribution in [2.75, 3.05) is 7.05 Å². The van der Waals surface area contributed by atoms with Crippen LogP contribution in [0.5, 0.6) is 0 Å². The van der Waals surface area contributed by atoms with E-state index in [1.54, 1.807) is 20.2 Å². The van der Waals surface area contributed by atoms with Gasteiger partial charge in [-0.2, -0.15) is 0 Å². The van der Waals surface area contributed by atoms with Crippen LogP contribution in [-0.2, 0) is 0 Å². The fraction of sp³-hybridized carbons (Fsp3) is 0.571. The number of aliphatic imine (C=N–C) groups is 1. The average molecular weight is 139 g/mol. The lowest BCUT2D eigenvalue weighted by Crippen LogP contribution is -2.07. The topological polar surface area (TPSA) is 60.1 Å². The molecule has 0 radical (unpaired) electrons. The quantitative estimate of drug-likeness (QED) is 0.553. The molecule has 2 N–H and O–H groups in total. The van der Waals surface area contributed by atoms with Gasteiger partial charge in [-0.1, -0.05) is 0 Å². The average Bonchev–Trinajstić information content (AvgIpc) is 1.86. The molecule has 1 unspecified atom stereocenters. The predicted octanol–water partition coefficient (Wildman–Crippen LogP) is 1.38. The van der Waals surface area contributed by atoms with E-state index in [2.05, 4.69) is 4.99 Å². The van der Waals surface area contributed by atoms with E-state index >= 15 is 0 Å². The number of hydrogen-bond acceptors (Lipinski definition) is 3.